The SMILES string of the molecule is O=C[C@@H]([C@@H](O)[C@@H](O)[C@H](O)CO)N1C(=O)c2ccccc2C1=O. The summed E-state index contributed by atoms with van der Waals surface area (Å²) < 4.78 is 0. The molecule has 0 saturated carbocycles. The fourth-order valence-corrected chi connectivity index (χ4v) is 2.31. The topological polar surface area (TPSA) is 135 Å². The van der Waals surface area contributed by atoms with E-state index < -0.39 is 42.8 Å². The molecule has 1 aliphatic heterocycles. The number of hydrogen-bond acceptors (Lipinski definition) is 7. The molecule has 0 spiro atoms. The van der Waals surface area contributed by atoms with Crippen LogP contribution in [0.15, 0.2) is 24.3 Å². The van der Waals surface area contributed by atoms with Crippen molar-refractivity contribution in [2.45, 2.75) is 24.4 Å². The van der Waals surface area contributed by atoms with Gasteiger partial charge in [-0.3, -0.25) is 14.5 Å². The van der Waals surface area contributed by atoms with Crippen molar-refractivity contribution in [3.8, 4) is 0 Å². The van der Waals surface area contributed by atoms with Gasteiger partial charge in [0.1, 0.15) is 30.6 Å². The van der Waals surface area contributed by atoms with Gasteiger partial charge in [-0.2, -0.15) is 0 Å². The zero-order valence-electron chi connectivity index (χ0n) is 11.4. The van der Waals surface area contributed by atoms with Crippen LogP contribution in [0.3, 0.4) is 0 Å². The molecule has 8 heteroatoms. The lowest BCUT2D eigenvalue weighted by atomic mass is 10.0. The van der Waals surface area contributed by atoms with Crippen molar-refractivity contribution in [1.82, 2.24) is 4.90 Å². The Balaban J connectivity index is 2.32. The van der Waals surface area contributed by atoms with Crippen LogP contribution in [0.25, 0.3) is 0 Å². The molecule has 1 aromatic carbocycles. The zero-order valence-corrected chi connectivity index (χ0v) is 11.4. The third kappa shape index (κ3) is 2.53. The number of aliphatic hydroxyl groups excluding tert-OH is 4. The second-order valence-corrected chi connectivity index (χ2v) is 4.88. The van der Waals surface area contributed by atoms with E-state index in [4.69, 9.17) is 5.11 Å². The van der Waals surface area contributed by atoms with Gasteiger partial charge in [0.15, 0.2) is 0 Å². The fraction of sp³-hybridized carbons (Fsp3) is 0.357. The van der Waals surface area contributed by atoms with Crippen molar-refractivity contribution in [3.05, 3.63) is 35.4 Å². The molecule has 4 atom stereocenters. The lowest BCUT2D eigenvalue weighted by Gasteiger charge is -2.30. The molecule has 0 bridgehead atoms. The first-order valence-electron chi connectivity index (χ1n) is 6.51. The smallest absolute Gasteiger partial charge is 0.262 e. The van der Waals surface area contributed by atoms with Crippen molar-refractivity contribution in [2.24, 2.45) is 0 Å². The predicted octanol–water partition coefficient (Wildman–Crippen LogP) is -2.07. The first-order valence-corrected chi connectivity index (χ1v) is 6.51. The number of fused-ring (bicyclic) bond motifs is 1. The third-order valence-electron chi connectivity index (χ3n) is 3.54. The monoisotopic (exact) mass is 309 g/mol. The molecule has 1 heterocycles. The van der Waals surface area contributed by atoms with E-state index in [1.54, 1.807) is 12.1 Å². The van der Waals surface area contributed by atoms with Gasteiger partial charge < -0.3 is 25.2 Å². The van der Waals surface area contributed by atoms with Crippen LogP contribution in [0.5, 0.6) is 0 Å². The second kappa shape index (κ2) is 6.32. The number of carbonyl (C=O) groups excluding carboxylic acids is 3. The number of nitrogens with zero attached hydrogens (tertiary/aromatic N) is 1. The fourth-order valence-electron chi connectivity index (χ4n) is 2.31. The lowest BCUT2D eigenvalue weighted by Crippen LogP contribution is -2.55. The minimum Gasteiger partial charge on any atom is -0.394 e. The maximum absolute atomic E-state index is 12.2. The van der Waals surface area contributed by atoms with E-state index >= 15 is 0 Å². The summed E-state index contributed by atoms with van der Waals surface area (Å²) in [7, 11) is 0. The lowest BCUT2D eigenvalue weighted by molar-refractivity contribution is -0.124. The maximum Gasteiger partial charge on any atom is 0.262 e. The number of amides is 2. The molecule has 0 radical (unpaired) electrons. The molecule has 2 amide bonds. The van der Waals surface area contributed by atoms with Crippen LogP contribution in [-0.2, 0) is 4.79 Å². The molecule has 1 aromatic rings. The Morgan fingerprint density at radius 2 is 1.50 bits per heavy atom. The van der Waals surface area contributed by atoms with Gasteiger partial charge in [0, 0.05) is 0 Å². The zero-order chi connectivity index (χ0) is 16.4. The van der Waals surface area contributed by atoms with Gasteiger partial charge in [-0.1, -0.05) is 12.1 Å². The first kappa shape index (κ1) is 16.2. The van der Waals surface area contributed by atoms with Gasteiger partial charge in [-0.15, -0.1) is 0 Å². The molecule has 1 aliphatic rings. The van der Waals surface area contributed by atoms with Crippen LogP contribution in [0.1, 0.15) is 20.7 Å². The summed E-state index contributed by atoms with van der Waals surface area (Å²) >= 11 is 0. The summed E-state index contributed by atoms with van der Waals surface area (Å²) in [6.45, 7) is -0.855. The normalized spacial score (nSPS) is 19.5. The maximum atomic E-state index is 12.2. The predicted molar refractivity (Wildman–Crippen MR) is 71.9 cm³/mol. The Morgan fingerprint density at radius 1 is 1.00 bits per heavy atom. The largest absolute Gasteiger partial charge is 0.394 e. The van der Waals surface area contributed by atoms with E-state index in [1.807, 2.05) is 0 Å². The van der Waals surface area contributed by atoms with E-state index in [1.165, 1.54) is 12.1 Å². The number of carbonyl (C=O) groups is 3. The molecule has 8 nitrogen and oxygen atoms in total. The average Bonchev–Trinajstić information content (AvgIpc) is 2.79. The quantitative estimate of drug-likeness (QED) is 0.350. The molecule has 0 aromatic heterocycles. The first-order chi connectivity index (χ1) is 10.4. The van der Waals surface area contributed by atoms with Gasteiger partial charge in [0.25, 0.3) is 11.8 Å². The summed E-state index contributed by atoms with van der Waals surface area (Å²) in [6.07, 6.45) is -5.40. The van der Waals surface area contributed by atoms with E-state index in [2.05, 4.69) is 0 Å². The summed E-state index contributed by atoms with van der Waals surface area (Å²) in [6, 6.07) is 4.23. The average molecular weight is 309 g/mol. The molecule has 22 heavy (non-hydrogen) atoms. The molecule has 4 N–H and O–H groups in total. The Morgan fingerprint density at radius 3 is 1.91 bits per heavy atom. The number of aldehydes is 1. The molecule has 0 fully saturated rings. The number of benzene rings is 1. The molecule has 2 rings (SSSR count). The Hall–Kier alpha value is -2.13. The van der Waals surface area contributed by atoms with E-state index in [0.717, 1.165) is 0 Å². The van der Waals surface area contributed by atoms with Gasteiger partial charge in [-0.25, -0.2) is 0 Å². The van der Waals surface area contributed by atoms with Gasteiger partial charge in [0.2, 0.25) is 0 Å². The Kier molecular flexibility index (Phi) is 4.67. The molecule has 0 aliphatic carbocycles. The van der Waals surface area contributed by atoms with Gasteiger partial charge in [-0.05, 0) is 12.1 Å². The van der Waals surface area contributed by atoms with Crippen molar-refractivity contribution >= 4 is 18.1 Å². The highest BCUT2D eigenvalue weighted by atomic mass is 16.4. The van der Waals surface area contributed by atoms with Gasteiger partial charge in [0.05, 0.1) is 17.7 Å². The van der Waals surface area contributed by atoms with E-state index in [9.17, 15) is 29.7 Å². The minimum atomic E-state index is -1.93. The molecule has 0 unspecified atom stereocenters. The Labute approximate surface area is 125 Å². The van der Waals surface area contributed by atoms with Crippen molar-refractivity contribution < 1.29 is 34.8 Å². The standard InChI is InChI=1S/C14H15NO7/c16-5-9(11(19)12(20)10(18)6-17)15-13(21)7-3-1-2-4-8(7)14(15)22/h1-5,9-12,17-20H,6H2/t9-,10+,11+,12-/m0/s1. The highest BCUT2D eigenvalue weighted by molar-refractivity contribution is 6.22. The summed E-state index contributed by atoms with van der Waals surface area (Å²) in [4.78, 5) is 36.2. The van der Waals surface area contributed by atoms with Crippen molar-refractivity contribution in [2.75, 3.05) is 6.61 Å². The Bertz CT molecular complexity index is 568. The summed E-state index contributed by atoms with van der Waals surface area (Å²) in [5.74, 6) is -1.55. The molecule has 118 valence electrons. The highest BCUT2D eigenvalue weighted by Crippen LogP contribution is 2.25. The van der Waals surface area contributed by atoms with Crippen LogP contribution >= 0.6 is 0 Å². The van der Waals surface area contributed by atoms with Gasteiger partial charge >= 0.3 is 0 Å². The van der Waals surface area contributed by atoms with Crippen LogP contribution in [0.2, 0.25) is 0 Å². The second-order valence-electron chi connectivity index (χ2n) is 4.88. The van der Waals surface area contributed by atoms with Crippen molar-refractivity contribution in [1.29, 1.82) is 0 Å². The third-order valence-corrected chi connectivity index (χ3v) is 3.54. The van der Waals surface area contributed by atoms with E-state index in [-0.39, 0.29) is 17.4 Å². The van der Waals surface area contributed by atoms with Crippen LogP contribution < -0.4 is 0 Å². The van der Waals surface area contributed by atoms with E-state index in [0.29, 0.717) is 4.90 Å². The van der Waals surface area contributed by atoms with Crippen LogP contribution in [0.4, 0.5) is 0 Å². The minimum absolute atomic E-state index is 0.0868. The van der Waals surface area contributed by atoms with Crippen LogP contribution in [-0.4, -0.2) is 74.4 Å². The van der Waals surface area contributed by atoms with Crippen LogP contribution in [0, 0.1) is 0 Å². The number of rotatable bonds is 6. The molecular formula is C14H15NO7. The number of imide groups is 1. The van der Waals surface area contributed by atoms with Crippen molar-refractivity contribution in [3.63, 3.8) is 0 Å². The summed E-state index contributed by atoms with van der Waals surface area (Å²) in [5, 5.41) is 37.7. The molecular weight excluding hydrogens is 294 g/mol. The summed E-state index contributed by atoms with van der Waals surface area (Å²) in [5.41, 5.74) is 0.174. The highest BCUT2D eigenvalue weighted by Gasteiger charge is 2.44. The molecule has 0 saturated heterocycles. The number of hydrogen-bond donors (Lipinski definition) is 4. The number of aliphatic hydroxyl groups is 4.